The van der Waals surface area contributed by atoms with E-state index >= 15 is 0 Å². The van der Waals surface area contributed by atoms with Gasteiger partial charge in [0, 0.05) is 57.0 Å². The first-order valence-electron chi connectivity index (χ1n) is 9.13. The van der Waals surface area contributed by atoms with Crippen LogP contribution < -0.4 is 10.6 Å². The van der Waals surface area contributed by atoms with E-state index < -0.39 is 0 Å². The minimum Gasteiger partial charge on any atom is -0.372 e. The van der Waals surface area contributed by atoms with Gasteiger partial charge in [0.15, 0.2) is 0 Å². The molecule has 23 heavy (non-hydrogen) atoms. The molecule has 1 aromatic rings. The van der Waals surface area contributed by atoms with Crippen LogP contribution in [0.2, 0.25) is 0 Å². The molecule has 2 atom stereocenters. The molecule has 1 aromatic carbocycles. The summed E-state index contributed by atoms with van der Waals surface area (Å²) in [5, 5.41) is 0. The summed E-state index contributed by atoms with van der Waals surface area (Å²) < 4.78 is 0. The van der Waals surface area contributed by atoms with Crippen molar-refractivity contribution in [3.8, 4) is 0 Å². The number of hydrogen-bond donors (Lipinski definition) is 1. The fourth-order valence-corrected chi connectivity index (χ4v) is 3.69. The molecular weight excluding hydrogens is 284 g/mol. The fraction of sp³-hybridized carbons (Fsp3) is 0.684. The fourth-order valence-electron chi connectivity index (χ4n) is 3.69. The largest absolute Gasteiger partial charge is 0.372 e. The van der Waals surface area contributed by atoms with Crippen molar-refractivity contribution in [3.05, 3.63) is 29.8 Å². The Morgan fingerprint density at radius 3 is 2.30 bits per heavy atom. The van der Waals surface area contributed by atoms with Gasteiger partial charge in [-0.2, -0.15) is 0 Å². The van der Waals surface area contributed by atoms with Gasteiger partial charge in [-0.15, -0.1) is 0 Å². The summed E-state index contributed by atoms with van der Waals surface area (Å²) in [5.74, 6) is 0. The number of nitrogens with zero attached hydrogens (tertiary/aromatic N) is 3. The average molecular weight is 319 g/mol. The Bertz CT molecular complexity index is 455. The summed E-state index contributed by atoms with van der Waals surface area (Å²) in [4.78, 5) is 7.43. The smallest absolute Gasteiger partial charge is 0.0471 e. The van der Waals surface area contributed by atoms with E-state index in [1.54, 1.807) is 0 Å². The lowest BCUT2D eigenvalue weighted by atomic mass is 10.0. The molecule has 1 heterocycles. The highest BCUT2D eigenvalue weighted by Gasteiger charge is 2.28. The van der Waals surface area contributed by atoms with Crippen LogP contribution in [-0.2, 0) is 0 Å². The van der Waals surface area contributed by atoms with Crippen molar-refractivity contribution < 1.29 is 0 Å². The van der Waals surface area contributed by atoms with Crippen molar-refractivity contribution in [2.75, 3.05) is 51.2 Å². The van der Waals surface area contributed by atoms with Crippen LogP contribution in [-0.4, -0.2) is 62.2 Å². The Hall–Kier alpha value is -1.10. The Labute approximate surface area is 142 Å². The van der Waals surface area contributed by atoms with Gasteiger partial charge in [0.25, 0.3) is 0 Å². The first kappa shape index (κ1) is 18.2. The van der Waals surface area contributed by atoms with Crippen LogP contribution in [0.15, 0.2) is 24.3 Å². The number of nitrogens with two attached hydrogens (primary N) is 1. The summed E-state index contributed by atoms with van der Waals surface area (Å²) >= 11 is 0. The molecule has 0 bridgehead atoms. The third-order valence-electron chi connectivity index (χ3n) is 5.35. The van der Waals surface area contributed by atoms with Crippen LogP contribution >= 0.6 is 0 Å². The van der Waals surface area contributed by atoms with Crippen LogP contribution in [0, 0.1) is 0 Å². The number of hydrogen-bond acceptors (Lipinski definition) is 4. The van der Waals surface area contributed by atoms with E-state index in [0.717, 1.165) is 32.7 Å². The summed E-state index contributed by atoms with van der Waals surface area (Å²) in [6.45, 7) is 12.8. The zero-order valence-corrected chi connectivity index (χ0v) is 15.3. The third-order valence-corrected chi connectivity index (χ3v) is 5.35. The lowest BCUT2D eigenvalue weighted by Crippen LogP contribution is -2.53. The Morgan fingerprint density at radius 2 is 1.78 bits per heavy atom. The minimum absolute atomic E-state index is 0.337. The van der Waals surface area contributed by atoms with Crippen LogP contribution in [0.4, 0.5) is 5.69 Å². The van der Waals surface area contributed by atoms with E-state index in [1.807, 2.05) is 0 Å². The highest BCUT2D eigenvalue weighted by atomic mass is 15.3. The maximum Gasteiger partial charge on any atom is 0.0471 e. The molecular formula is C19H34N4. The quantitative estimate of drug-likeness (QED) is 0.838. The van der Waals surface area contributed by atoms with Crippen LogP contribution in [0.3, 0.4) is 0 Å². The molecule has 4 heteroatoms. The molecule has 0 radical (unpaired) electrons. The number of benzene rings is 1. The lowest BCUT2D eigenvalue weighted by Gasteiger charge is -2.42. The topological polar surface area (TPSA) is 35.7 Å². The molecule has 0 aromatic heterocycles. The second-order valence-electron chi connectivity index (χ2n) is 6.55. The Kier molecular flexibility index (Phi) is 6.88. The number of likely N-dealkylation sites (N-methyl/N-ethyl adjacent to an activating group) is 1. The highest BCUT2D eigenvalue weighted by Crippen LogP contribution is 2.25. The van der Waals surface area contributed by atoms with Crippen molar-refractivity contribution in [1.29, 1.82) is 0 Å². The molecule has 1 aliphatic rings. The van der Waals surface area contributed by atoms with E-state index in [2.05, 4.69) is 66.8 Å². The third kappa shape index (κ3) is 4.25. The first-order chi connectivity index (χ1) is 11.1. The average Bonchev–Trinajstić information content (AvgIpc) is 2.59. The Balaban J connectivity index is 2.11. The van der Waals surface area contributed by atoms with E-state index in [4.69, 9.17) is 5.73 Å². The zero-order chi connectivity index (χ0) is 16.8. The highest BCUT2D eigenvalue weighted by molar-refractivity contribution is 5.47. The van der Waals surface area contributed by atoms with E-state index in [0.29, 0.717) is 18.6 Å². The predicted octanol–water partition coefficient (Wildman–Crippen LogP) is 2.56. The molecule has 0 spiro atoms. The summed E-state index contributed by atoms with van der Waals surface area (Å²) in [6, 6.07) is 10.0. The molecule has 130 valence electrons. The monoisotopic (exact) mass is 318 g/mol. The van der Waals surface area contributed by atoms with E-state index in [-0.39, 0.29) is 0 Å². The zero-order valence-electron chi connectivity index (χ0n) is 15.3. The SMILES string of the molecule is CCC1CN(C(CN)c2ccc(N(CC)CC)cc2)CCN1C. The van der Waals surface area contributed by atoms with Gasteiger partial charge < -0.3 is 15.5 Å². The second-order valence-corrected chi connectivity index (χ2v) is 6.55. The molecule has 1 fully saturated rings. The van der Waals surface area contributed by atoms with Crippen molar-refractivity contribution >= 4 is 5.69 Å². The molecule has 0 amide bonds. The van der Waals surface area contributed by atoms with E-state index in [1.165, 1.54) is 17.7 Å². The maximum atomic E-state index is 6.14. The van der Waals surface area contributed by atoms with Crippen LogP contribution in [0.1, 0.15) is 38.8 Å². The van der Waals surface area contributed by atoms with Gasteiger partial charge in [-0.1, -0.05) is 19.1 Å². The molecule has 2 rings (SSSR count). The summed E-state index contributed by atoms with van der Waals surface area (Å²) in [7, 11) is 2.24. The van der Waals surface area contributed by atoms with Gasteiger partial charge in [0.05, 0.1) is 0 Å². The minimum atomic E-state index is 0.337. The first-order valence-corrected chi connectivity index (χ1v) is 9.13. The van der Waals surface area contributed by atoms with Crippen molar-refractivity contribution in [1.82, 2.24) is 9.80 Å². The molecule has 2 unspecified atom stereocenters. The van der Waals surface area contributed by atoms with Gasteiger partial charge in [-0.25, -0.2) is 0 Å². The number of anilines is 1. The second kappa shape index (κ2) is 8.67. The van der Waals surface area contributed by atoms with Gasteiger partial charge in [-0.05, 0) is 45.0 Å². The Morgan fingerprint density at radius 1 is 1.13 bits per heavy atom. The number of rotatable bonds is 7. The van der Waals surface area contributed by atoms with Crippen molar-refractivity contribution in [3.63, 3.8) is 0 Å². The van der Waals surface area contributed by atoms with Crippen LogP contribution in [0.25, 0.3) is 0 Å². The molecule has 4 nitrogen and oxygen atoms in total. The molecule has 2 N–H and O–H groups in total. The summed E-state index contributed by atoms with van der Waals surface area (Å²) in [5.41, 5.74) is 8.80. The lowest BCUT2D eigenvalue weighted by molar-refractivity contribution is 0.0644. The molecule has 0 saturated carbocycles. The molecule has 1 aliphatic heterocycles. The van der Waals surface area contributed by atoms with Gasteiger partial charge >= 0.3 is 0 Å². The van der Waals surface area contributed by atoms with Gasteiger partial charge in [0.1, 0.15) is 0 Å². The van der Waals surface area contributed by atoms with Crippen molar-refractivity contribution in [2.24, 2.45) is 5.73 Å². The normalized spacial score (nSPS) is 21.3. The summed E-state index contributed by atoms with van der Waals surface area (Å²) in [6.07, 6.45) is 1.20. The molecule has 0 aliphatic carbocycles. The van der Waals surface area contributed by atoms with E-state index in [9.17, 15) is 0 Å². The predicted molar refractivity (Wildman–Crippen MR) is 100 cm³/mol. The van der Waals surface area contributed by atoms with Gasteiger partial charge in [-0.3, -0.25) is 4.90 Å². The van der Waals surface area contributed by atoms with Crippen LogP contribution in [0.5, 0.6) is 0 Å². The molecule has 1 saturated heterocycles. The maximum absolute atomic E-state index is 6.14. The van der Waals surface area contributed by atoms with Crippen molar-refractivity contribution in [2.45, 2.75) is 39.3 Å². The standard InChI is InChI=1S/C19H34N4/c1-5-17-15-23(13-12-21(17)4)19(14-20)16-8-10-18(11-9-16)22(6-2)7-3/h8-11,17,19H,5-7,12-15,20H2,1-4H3. The number of piperazine rings is 1. The van der Waals surface area contributed by atoms with Gasteiger partial charge in [0.2, 0.25) is 0 Å².